The molecule has 0 radical (unpaired) electrons. The van der Waals surface area contributed by atoms with Crippen molar-refractivity contribution >= 4 is 51.0 Å². The summed E-state index contributed by atoms with van der Waals surface area (Å²) in [6.45, 7) is 3.30. The van der Waals surface area contributed by atoms with Gasteiger partial charge in [-0.1, -0.05) is 41.1 Å². The molecule has 9 nitrogen and oxygen atoms in total. The number of nitrogens with one attached hydrogen (secondary N) is 2. The molecule has 3 rings (SSSR count). The fourth-order valence-electron chi connectivity index (χ4n) is 3.46. The number of thiocarbonyl (C=S) groups is 1. The van der Waals surface area contributed by atoms with Crippen LogP contribution >= 0.6 is 28.1 Å². The Balaban J connectivity index is 1.58. The van der Waals surface area contributed by atoms with E-state index in [1.54, 1.807) is 30.3 Å². The lowest BCUT2D eigenvalue weighted by Gasteiger charge is -2.36. The molecule has 0 aromatic heterocycles. The Bertz CT molecular complexity index is 1080. The highest BCUT2D eigenvalue weighted by molar-refractivity contribution is 9.10. The quantitative estimate of drug-likeness (QED) is 0.252. The van der Waals surface area contributed by atoms with E-state index < -0.39 is 17.9 Å². The number of ether oxygens (including phenoxy) is 3. The summed E-state index contributed by atoms with van der Waals surface area (Å²) in [6.07, 6.45) is 0.559. The molecule has 0 spiro atoms. The van der Waals surface area contributed by atoms with Gasteiger partial charge in [0.05, 0.1) is 18.6 Å². The summed E-state index contributed by atoms with van der Waals surface area (Å²) in [4.78, 5) is 39.5. The molecule has 2 aromatic rings. The van der Waals surface area contributed by atoms with Crippen LogP contribution in [0.15, 0.2) is 53.0 Å². The van der Waals surface area contributed by atoms with Crippen molar-refractivity contribution in [1.82, 2.24) is 15.5 Å². The molecular formula is C25H28BrN3O6S. The Hall–Kier alpha value is -3.18. The molecular weight excluding hydrogens is 550 g/mol. The largest absolute Gasteiger partial charge is 0.493 e. The van der Waals surface area contributed by atoms with Gasteiger partial charge in [-0.15, -0.1) is 0 Å². The first-order chi connectivity index (χ1) is 17.4. The summed E-state index contributed by atoms with van der Waals surface area (Å²) in [5, 5.41) is 5.44. The lowest BCUT2D eigenvalue weighted by molar-refractivity contribution is -0.148. The van der Waals surface area contributed by atoms with E-state index in [1.807, 2.05) is 25.1 Å². The Labute approximate surface area is 223 Å². The number of nitrogens with zero attached hydrogens (tertiary/aromatic N) is 1. The van der Waals surface area contributed by atoms with Crippen molar-refractivity contribution in [1.29, 1.82) is 0 Å². The highest BCUT2D eigenvalue weighted by Gasteiger charge is 2.34. The molecule has 36 heavy (non-hydrogen) atoms. The van der Waals surface area contributed by atoms with Gasteiger partial charge in [0.1, 0.15) is 30.8 Å². The van der Waals surface area contributed by atoms with E-state index in [-0.39, 0.29) is 30.7 Å². The van der Waals surface area contributed by atoms with Gasteiger partial charge in [0.2, 0.25) is 5.91 Å². The van der Waals surface area contributed by atoms with Gasteiger partial charge in [0, 0.05) is 17.6 Å². The van der Waals surface area contributed by atoms with Crippen molar-refractivity contribution < 1.29 is 28.6 Å². The molecule has 192 valence electrons. The van der Waals surface area contributed by atoms with Crippen LogP contribution in [0.2, 0.25) is 0 Å². The Morgan fingerprint density at radius 3 is 2.67 bits per heavy atom. The van der Waals surface area contributed by atoms with Gasteiger partial charge in [0.15, 0.2) is 5.11 Å². The fourth-order valence-corrected chi connectivity index (χ4v) is 4.14. The van der Waals surface area contributed by atoms with E-state index in [0.717, 1.165) is 6.42 Å². The topological polar surface area (TPSA) is 106 Å². The first kappa shape index (κ1) is 27.4. The van der Waals surface area contributed by atoms with Crippen molar-refractivity contribution in [3.05, 3.63) is 58.6 Å². The lowest BCUT2D eigenvalue weighted by atomic mass is 10.1. The normalized spacial score (nSPS) is 15.0. The second kappa shape index (κ2) is 13.8. The lowest BCUT2D eigenvalue weighted by Crippen LogP contribution is -2.60. The van der Waals surface area contributed by atoms with Crippen LogP contribution in [0.25, 0.3) is 0 Å². The number of halogens is 1. The molecule has 1 heterocycles. The zero-order valence-electron chi connectivity index (χ0n) is 19.8. The monoisotopic (exact) mass is 577 g/mol. The predicted octanol–water partition coefficient (Wildman–Crippen LogP) is 3.07. The van der Waals surface area contributed by atoms with Gasteiger partial charge < -0.3 is 24.4 Å². The van der Waals surface area contributed by atoms with E-state index in [4.69, 9.17) is 26.4 Å². The molecule has 2 N–H and O–H groups in total. The summed E-state index contributed by atoms with van der Waals surface area (Å²) < 4.78 is 17.1. The van der Waals surface area contributed by atoms with E-state index in [1.165, 1.54) is 4.90 Å². The van der Waals surface area contributed by atoms with Crippen molar-refractivity contribution in [3.63, 3.8) is 0 Å². The maximum absolute atomic E-state index is 13.0. The summed E-state index contributed by atoms with van der Waals surface area (Å²) in [7, 11) is 0. The van der Waals surface area contributed by atoms with Crippen LogP contribution in [0, 0.1) is 0 Å². The highest BCUT2D eigenvalue weighted by Crippen LogP contribution is 2.24. The van der Waals surface area contributed by atoms with Crippen LogP contribution in [-0.2, 0) is 14.3 Å². The fraction of sp³-hybridized carbons (Fsp3) is 0.360. The molecule has 1 unspecified atom stereocenters. The van der Waals surface area contributed by atoms with Gasteiger partial charge >= 0.3 is 5.97 Å². The number of para-hydroxylation sites is 1. The smallest absolute Gasteiger partial charge is 0.308 e. The van der Waals surface area contributed by atoms with Gasteiger partial charge in [-0.3, -0.25) is 19.7 Å². The molecule has 1 aliphatic heterocycles. The number of hydrogen-bond donors (Lipinski definition) is 2. The summed E-state index contributed by atoms with van der Waals surface area (Å²) in [5.41, 5.74) is 0.302. The SMILES string of the molecule is CCCOc1ccc(Br)cc1C(=O)NC(=S)N1CCNC(=O)C1CC(=O)OCCOc1ccccc1. The minimum Gasteiger partial charge on any atom is -0.493 e. The second-order valence-corrected chi connectivity index (χ2v) is 9.14. The van der Waals surface area contributed by atoms with Crippen molar-refractivity contribution in [2.24, 2.45) is 0 Å². The molecule has 1 saturated heterocycles. The molecule has 1 atom stereocenters. The zero-order valence-corrected chi connectivity index (χ0v) is 22.2. The van der Waals surface area contributed by atoms with Gasteiger partial charge in [-0.2, -0.15) is 0 Å². The Morgan fingerprint density at radius 1 is 1.14 bits per heavy atom. The second-order valence-electron chi connectivity index (χ2n) is 7.83. The van der Waals surface area contributed by atoms with E-state index in [0.29, 0.717) is 41.2 Å². The molecule has 11 heteroatoms. The third kappa shape index (κ3) is 7.92. The number of carbonyl (C=O) groups is 3. The zero-order chi connectivity index (χ0) is 25.9. The average molecular weight is 578 g/mol. The van der Waals surface area contributed by atoms with Gasteiger partial charge in [-0.25, -0.2) is 0 Å². The standard InChI is InChI=1S/C25H28BrN3O6S/c1-2-12-34-21-9-8-17(26)15-19(21)23(31)28-25(36)29-11-10-27-24(32)20(29)16-22(30)35-14-13-33-18-6-4-3-5-7-18/h3-9,15,20H,2,10-14,16H2,1H3,(H,27,32)(H,28,31,36). The molecule has 2 aromatic carbocycles. The number of rotatable bonds is 10. The summed E-state index contributed by atoms with van der Waals surface area (Å²) in [6, 6.07) is 13.4. The van der Waals surface area contributed by atoms with Crippen molar-refractivity contribution in [2.75, 3.05) is 32.9 Å². The number of hydrogen-bond acceptors (Lipinski definition) is 7. The Morgan fingerprint density at radius 2 is 1.92 bits per heavy atom. The van der Waals surface area contributed by atoms with Crippen molar-refractivity contribution in [2.45, 2.75) is 25.8 Å². The van der Waals surface area contributed by atoms with Crippen LogP contribution in [0.1, 0.15) is 30.1 Å². The first-order valence-corrected chi connectivity index (χ1v) is 12.7. The van der Waals surface area contributed by atoms with E-state index in [9.17, 15) is 14.4 Å². The minimum absolute atomic E-state index is 0.0344. The molecule has 1 fully saturated rings. The van der Waals surface area contributed by atoms with Crippen LogP contribution in [0.5, 0.6) is 11.5 Å². The third-order valence-electron chi connectivity index (χ3n) is 5.18. The van der Waals surface area contributed by atoms with Crippen LogP contribution < -0.4 is 20.1 Å². The molecule has 0 saturated carbocycles. The predicted molar refractivity (Wildman–Crippen MR) is 141 cm³/mol. The van der Waals surface area contributed by atoms with Crippen LogP contribution in [-0.4, -0.2) is 66.7 Å². The van der Waals surface area contributed by atoms with Crippen LogP contribution in [0.3, 0.4) is 0 Å². The summed E-state index contributed by atoms with van der Waals surface area (Å²) >= 11 is 8.81. The molecule has 1 aliphatic rings. The van der Waals surface area contributed by atoms with E-state index in [2.05, 4.69) is 26.6 Å². The maximum Gasteiger partial charge on any atom is 0.308 e. The number of carbonyl (C=O) groups excluding carboxylic acids is 3. The first-order valence-electron chi connectivity index (χ1n) is 11.5. The summed E-state index contributed by atoms with van der Waals surface area (Å²) in [5.74, 6) is -0.326. The number of amides is 2. The average Bonchev–Trinajstić information content (AvgIpc) is 2.87. The van der Waals surface area contributed by atoms with E-state index >= 15 is 0 Å². The number of piperazine rings is 1. The molecule has 0 bridgehead atoms. The number of esters is 1. The maximum atomic E-state index is 13.0. The van der Waals surface area contributed by atoms with Crippen molar-refractivity contribution in [3.8, 4) is 11.5 Å². The Kier molecular flexibility index (Phi) is 10.5. The van der Waals surface area contributed by atoms with Gasteiger partial charge in [-0.05, 0) is 49.0 Å². The molecule has 0 aliphatic carbocycles. The number of benzene rings is 2. The third-order valence-corrected chi connectivity index (χ3v) is 6.01. The van der Waals surface area contributed by atoms with Crippen LogP contribution in [0.4, 0.5) is 0 Å². The molecule has 2 amide bonds. The van der Waals surface area contributed by atoms with Gasteiger partial charge in [0.25, 0.3) is 5.91 Å². The minimum atomic E-state index is -0.910. The highest BCUT2D eigenvalue weighted by atomic mass is 79.9.